The lowest BCUT2D eigenvalue weighted by atomic mass is 10.7. The summed E-state index contributed by atoms with van der Waals surface area (Å²) >= 11 is 7.29. The highest BCUT2D eigenvalue weighted by molar-refractivity contribution is 7.99. The standard InChI is InChI=1S/C10H10ClN5S/c11-7-5-8(15-9(12)14-7)17-10-13-3-4-16(10)6-1-2-6/h3-6H,1-2H2,(H2,12,14,15). The van der Waals surface area contributed by atoms with Crippen LogP contribution in [0.25, 0.3) is 0 Å². The lowest BCUT2D eigenvalue weighted by Gasteiger charge is -2.05. The van der Waals surface area contributed by atoms with Gasteiger partial charge in [0.05, 0.1) is 0 Å². The van der Waals surface area contributed by atoms with E-state index >= 15 is 0 Å². The number of nitrogens with two attached hydrogens (primary N) is 1. The first kappa shape index (κ1) is 10.9. The van der Waals surface area contributed by atoms with Crippen molar-refractivity contribution in [3.05, 3.63) is 23.6 Å². The predicted molar refractivity (Wildman–Crippen MR) is 66.1 cm³/mol. The molecule has 0 aromatic carbocycles. The van der Waals surface area contributed by atoms with E-state index in [2.05, 4.69) is 19.5 Å². The molecule has 0 bridgehead atoms. The minimum atomic E-state index is 0.185. The Morgan fingerprint density at radius 3 is 2.94 bits per heavy atom. The quantitative estimate of drug-likeness (QED) is 0.865. The van der Waals surface area contributed by atoms with Gasteiger partial charge in [0.2, 0.25) is 5.95 Å². The van der Waals surface area contributed by atoms with Crippen molar-refractivity contribution in [2.75, 3.05) is 5.73 Å². The molecule has 0 radical (unpaired) electrons. The highest BCUT2D eigenvalue weighted by Crippen LogP contribution is 2.39. The number of anilines is 1. The number of hydrogen-bond acceptors (Lipinski definition) is 5. The van der Waals surface area contributed by atoms with Gasteiger partial charge < -0.3 is 10.3 Å². The number of hydrogen-bond donors (Lipinski definition) is 1. The van der Waals surface area contributed by atoms with Gasteiger partial charge in [-0.2, -0.15) is 0 Å². The van der Waals surface area contributed by atoms with Crippen LogP contribution in [-0.4, -0.2) is 19.5 Å². The van der Waals surface area contributed by atoms with Crippen LogP contribution in [0.2, 0.25) is 5.15 Å². The lowest BCUT2D eigenvalue weighted by molar-refractivity contribution is 0.662. The molecule has 88 valence electrons. The minimum Gasteiger partial charge on any atom is -0.368 e. The van der Waals surface area contributed by atoms with Crippen molar-refractivity contribution in [3.63, 3.8) is 0 Å². The van der Waals surface area contributed by atoms with Crippen LogP contribution in [0.5, 0.6) is 0 Å². The summed E-state index contributed by atoms with van der Waals surface area (Å²) in [6, 6.07) is 2.28. The first-order valence-electron chi connectivity index (χ1n) is 5.23. The summed E-state index contributed by atoms with van der Waals surface area (Å²) in [4.78, 5) is 12.3. The normalized spacial score (nSPS) is 15.1. The maximum Gasteiger partial charge on any atom is 0.222 e. The number of nitrogen functional groups attached to an aromatic ring is 1. The molecule has 2 aromatic rings. The highest BCUT2D eigenvalue weighted by atomic mass is 35.5. The molecule has 17 heavy (non-hydrogen) atoms. The topological polar surface area (TPSA) is 69.6 Å². The second-order valence-electron chi connectivity index (χ2n) is 3.84. The number of aromatic nitrogens is 4. The molecule has 0 saturated heterocycles. The van der Waals surface area contributed by atoms with E-state index in [0.717, 1.165) is 10.2 Å². The van der Waals surface area contributed by atoms with Crippen molar-refractivity contribution in [3.8, 4) is 0 Å². The van der Waals surface area contributed by atoms with Crippen LogP contribution in [0.4, 0.5) is 5.95 Å². The van der Waals surface area contributed by atoms with Crippen LogP contribution in [0, 0.1) is 0 Å². The Morgan fingerprint density at radius 1 is 1.41 bits per heavy atom. The van der Waals surface area contributed by atoms with Crippen LogP contribution in [0.3, 0.4) is 0 Å². The SMILES string of the molecule is Nc1nc(Cl)cc(Sc2nccn2C2CC2)n1. The van der Waals surface area contributed by atoms with Gasteiger partial charge in [-0.25, -0.2) is 15.0 Å². The molecule has 2 heterocycles. The number of rotatable bonds is 3. The fourth-order valence-corrected chi connectivity index (χ4v) is 2.75. The maximum absolute atomic E-state index is 5.83. The van der Waals surface area contributed by atoms with Crippen molar-refractivity contribution in [2.24, 2.45) is 0 Å². The molecule has 1 aliphatic rings. The molecule has 1 fully saturated rings. The summed E-state index contributed by atoms with van der Waals surface area (Å²) < 4.78 is 2.16. The second-order valence-corrected chi connectivity index (χ2v) is 5.21. The summed E-state index contributed by atoms with van der Waals surface area (Å²) in [5, 5.41) is 1.99. The van der Waals surface area contributed by atoms with Gasteiger partial charge >= 0.3 is 0 Å². The first-order chi connectivity index (χ1) is 8.22. The van der Waals surface area contributed by atoms with Crippen LogP contribution in [0.1, 0.15) is 18.9 Å². The Hall–Kier alpha value is -1.27. The molecule has 1 aliphatic carbocycles. The fourth-order valence-electron chi connectivity index (χ4n) is 1.57. The zero-order valence-corrected chi connectivity index (χ0v) is 10.4. The van der Waals surface area contributed by atoms with E-state index in [4.69, 9.17) is 17.3 Å². The van der Waals surface area contributed by atoms with Crippen LogP contribution in [0.15, 0.2) is 28.6 Å². The fraction of sp³-hybridized carbons (Fsp3) is 0.300. The van der Waals surface area contributed by atoms with Gasteiger partial charge in [0.15, 0.2) is 5.16 Å². The monoisotopic (exact) mass is 267 g/mol. The van der Waals surface area contributed by atoms with Crippen molar-refractivity contribution in [1.29, 1.82) is 0 Å². The Kier molecular flexibility index (Phi) is 2.68. The molecule has 0 spiro atoms. The number of imidazole rings is 1. The second kappa shape index (κ2) is 4.19. The average Bonchev–Trinajstić information content (AvgIpc) is 2.99. The zero-order chi connectivity index (χ0) is 11.8. The van der Waals surface area contributed by atoms with Crippen LogP contribution in [-0.2, 0) is 0 Å². The van der Waals surface area contributed by atoms with Gasteiger partial charge in [0.1, 0.15) is 10.2 Å². The van der Waals surface area contributed by atoms with Crippen molar-refractivity contribution in [1.82, 2.24) is 19.5 Å². The summed E-state index contributed by atoms with van der Waals surface area (Å²) in [6.07, 6.45) is 6.23. The summed E-state index contributed by atoms with van der Waals surface area (Å²) in [5.74, 6) is 0.185. The molecular formula is C10H10ClN5S. The minimum absolute atomic E-state index is 0.185. The van der Waals surface area contributed by atoms with Crippen LogP contribution >= 0.6 is 23.4 Å². The zero-order valence-electron chi connectivity index (χ0n) is 8.88. The van der Waals surface area contributed by atoms with Gasteiger partial charge in [-0.15, -0.1) is 0 Å². The van der Waals surface area contributed by atoms with E-state index in [-0.39, 0.29) is 5.95 Å². The van der Waals surface area contributed by atoms with Gasteiger partial charge in [0.25, 0.3) is 0 Å². The van der Waals surface area contributed by atoms with Crippen molar-refractivity contribution in [2.45, 2.75) is 29.1 Å². The third-order valence-corrected chi connectivity index (χ3v) is 3.57. The molecule has 7 heteroatoms. The average molecular weight is 268 g/mol. The van der Waals surface area contributed by atoms with Crippen LogP contribution < -0.4 is 5.73 Å². The van der Waals surface area contributed by atoms with E-state index < -0.39 is 0 Å². The van der Waals surface area contributed by atoms with E-state index in [9.17, 15) is 0 Å². The Labute approximate surface area is 107 Å². The van der Waals surface area contributed by atoms with Gasteiger partial charge in [-0.3, -0.25) is 0 Å². The molecular weight excluding hydrogens is 258 g/mol. The van der Waals surface area contributed by atoms with E-state index in [1.54, 1.807) is 12.3 Å². The Morgan fingerprint density at radius 2 is 2.24 bits per heavy atom. The predicted octanol–water partition coefficient (Wildman–Crippen LogP) is 2.39. The Bertz CT molecular complexity index is 531. The summed E-state index contributed by atoms with van der Waals surface area (Å²) in [6.45, 7) is 0. The largest absolute Gasteiger partial charge is 0.368 e. The van der Waals surface area contributed by atoms with Crippen molar-refractivity contribution >= 4 is 29.3 Å². The molecule has 2 N–H and O–H groups in total. The highest BCUT2D eigenvalue weighted by Gasteiger charge is 2.25. The first-order valence-corrected chi connectivity index (χ1v) is 6.42. The molecule has 5 nitrogen and oxygen atoms in total. The van der Waals surface area contributed by atoms with E-state index in [0.29, 0.717) is 11.2 Å². The third kappa shape index (κ3) is 2.37. The molecule has 0 amide bonds. The maximum atomic E-state index is 5.83. The lowest BCUT2D eigenvalue weighted by Crippen LogP contribution is -1.98. The number of halogens is 1. The third-order valence-electron chi connectivity index (χ3n) is 2.46. The molecule has 1 saturated carbocycles. The summed E-state index contributed by atoms with van der Waals surface area (Å²) in [7, 11) is 0. The molecule has 0 unspecified atom stereocenters. The molecule has 3 rings (SSSR count). The smallest absolute Gasteiger partial charge is 0.222 e. The Balaban J connectivity index is 1.88. The molecule has 2 aromatic heterocycles. The molecule has 0 atom stereocenters. The van der Waals surface area contributed by atoms with Gasteiger partial charge in [0, 0.05) is 24.5 Å². The van der Waals surface area contributed by atoms with Gasteiger partial charge in [-0.1, -0.05) is 11.6 Å². The van der Waals surface area contributed by atoms with E-state index in [1.807, 2.05) is 6.20 Å². The van der Waals surface area contributed by atoms with Gasteiger partial charge in [-0.05, 0) is 24.6 Å². The van der Waals surface area contributed by atoms with Crippen molar-refractivity contribution < 1.29 is 0 Å². The summed E-state index contributed by atoms with van der Waals surface area (Å²) in [5.41, 5.74) is 5.55. The van der Waals surface area contributed by atoms with E-state index in [1.165, 1.54) is 24.6 Å². The number of nitrogens with zero attached hydrogens (tertiary/aromatic N) is 4. The molecule has 0 aliphatic heterocycles.